The Hall–Kier alpha value is -4.13. The minimum Gasteiger partial charge on any atom is -0.480 e. The lowest BCUT2D eigenvalue weighted by Gasteiger charge is -2.21. The van der Waals surface area contributed by atoms with Crippen LogP contribution in [0.4, 0.5) is 16.2 Å². The molecule has 0 aliphatic heterocycles. The molecule has 3 aromatic carbocycles. The van der Waals surface area contributed by atoms with E-state index in [9.17, 15) is 14.4 Å². The number of urea groups is 1. The van der Waals surface area contributed by atoms with Gasteiger partial charge in [0.05, 0.1) is 0 Å². The molecule has 170 valence electrons. The van der Waals surface area contributed by atoms with E-state index in [1.54, 1.807) is 24.3 Å². The van der Waals surface area contributed by atoms with Crippen molar-refractivity contribution in [1.82, 2.24) is 4.90 Å². The molecule has 0 fully saturated rings. The zero-order chi connectivity index (χ0) is 24.0. The summed E-state index contributed by atoms with van der Waals surface area (Å²) in [4.78, 5) is 37.0. The van der Waals surface area contributed by atoms with Gasteiger partial charge < -0.3 is 20.6 Å². The smallest absolute Gasteiger partial charge is 0.326 e. The maximum atomic E-state index is 12.5. The van der Waals surface area contributed by atoms with Gasteiger partial charge >= 0.3 is 12.0 Å². The fourth-order valence-electron chi connectivity index (χ4n) is 3.21. The monoisotopic (exact) mass is 445 g/mol. The maximum Gasteiger partial charge on any atom is 0.326 e. The maximum absolute atomic E-state index is 12.5. The number of hydrogen-bond acceptors (Lipinski definition) is 3. The Morgan fingerprint density at radius 3 is 1.73 bits per heavy atom. The van der Waals surface area contributed by atoms with E-state index < -0.39 is 12.0 Å². The molecule has 3 N–H and O–H groups in total. The van der Waals surface area contributed by atoms with Gasteiger partial charge in [-0.1, -0.05) is 43.3 Å². The number of aliphatic carboxylic acids is 1. The third-order valence-electron chi connectivity index (χ3n) is 5.49. The minimum absolute atomic E-state index is 0.324. The predicted molar refractivity (Wildman–Crippen MR) is 130 cm³/mol. The van der Waals surface area contributed by atoms with Gasteiger partial charge in [-0.15, -0.1) is 0 Å². The average Bonchev–Trinajstić information content (AvgIpc) is 2.83. The van der Waals surface area contributed by atoms with Crippen LogP contribution in [-0.2, 0) is 11.2 Å². The highest BCUT2D eigenvalue weighted by Gasteiger charge is 2.22. The van der Waals surface area contributed by atoms with Gasteiger partial charge in [-0.3, -0.25) is 4.79 Å². The van der Waals surface area contributed by atoms with E-state index in [2.05, 4.69) is 17.6 Å². The van der Waals surface area contributed by atoms with Crippen LogP contribution in [0.25, 0.3) is 11.1 Å². The molecule has 0 saturated carbocycles. The van der Waals surface area contributed by atoms with Crippen molar-refractivity contribution in [3.05, 3.63) is 83.9 Å². The van der Waals surface area contributed by atoms with Gasteiger partial charge in [-0.25, -0.2) is 9.59 Å². The summed E-state index contributed by atoms with van der Waals surface area (Å²) in [6.45, 7) is 3.54. The van der Waals surface area contributed by atoms with Gasteiger partial charge in [0.15, 0.2) is 0 Å². The Morgan fingerprint density at radius 1 is 0.818 bits per heavy atom. The van der Waals surface area contributed by atoms with Crippen molar-refractivity contribution < 1.29 is 19.5 Å². The minimum atomic E-state index is -1.06. The highest BCUT2D eigenvalue weighted by Crippen LogP contribution is 2.23. The molecule has 0 aliphatic rings. The van der Waals surface area contributed by atoms with Gasteiger partial charge in [-0.2, -0.15) is 0 Å². The first kappa shape index (κ1) is 23.5. The van der Waals surface area contributed by atoms with Gasteiger partial charge in [0, 0.05) is 24.0 Å². The van der Waals surface area contributed by atoms with Crippen LogP contribution in [0.5, 0.6) is 0 Å². The molecular weight excluding hydrogens is 418 g/mol. The Morgan fingerprint density at radius 2 is 1.27 bits per heavy atom. The summed E-state index contributed by atoms with van der Waals surface area (Å²) in [5, 5.41) is 14.7. The summed E-state index contributed by atoms with van der Waals surface area (Å²) >= 11 is 0. The summed E-state index contributed by atoms with van der Waals surface area (Å²) < 4.78 is 0. The first-order chi connectivity index (χ1) is 15.8. The highest BCUT2D eigenvalue weighted by molar-refractivity contribution is 6.00. The Bertz CT molecular complexity index is 1120. The second-order valence-corrected chi connectivity index (χ2v) is 7.71. The molecule has 0 bridgehead atoms. The molecule has 0 unspecified atom stereocenters. The van der Waals surface area contributed by atoms with Crippen LogP contribution < -0.4 is 10.6 Å². The number of carbonyl (C=O) groups is 3. The fraction of sp³-hybridized carbons (Fsp3) is 0.192. The molecular formula is C26H27N3O4. The van der Waals surface area contributed by atoms with Crippen LogP contribution in [0.2, 0.25) is 0 Å². The first-order valence-corrected chi connectivity index (χ1v) is 10.7. The van der Waals surface area contributed by atoms with Crippen molar-refractivity contribution in [2.45, 2.75) is 26.3 Å². The van der Waals surface area contributed by atoms with Crippen molar-refractivity contribution >= 4 is 29.3 Å². The summed E-state index contributed by atoms with van der Waals surface area (Å²) in [6.07, 6.45) is 0.943. The fourth-order valence-corrected chi connectivity index (χ4v) is 3.21. The number of hydrogen-bond donors (Lipinski definition) is 3. The van der Waals surface area contributed by atoms with E-state index in [4.69, 9.17) is 5.11 Å². The number of rotatable bonds is 7. The summed E-state index contributed by atoms with van der Waals surface area (Å²) in [5.41, 5.74) is 4.80. The number of likely N-dealkylation sites (N-methyl/N-ethyl adjacent to an activating group) is 1. The highest BCUT2D eigenvalue weighted by atomic mass is 16.4. The largest absolute Gasteiger partial charge is 0.480 e. The third kappa shape index (κ3) is 5.98. The number of amides is 3. The zero-order valence-corrected chi connectivity index (χ0v) is 18.8. The molecule has 0 heterocycles. The van der Waals surface area contributed by atoms with E-state index in [-0.39, 0.29) is 11.9 Å². The summed E-state index contributed by atoms with van der Waals surface area (Å²) in [6, 6.07) is 20.8. The van der Waals surface area contributed by atoms with E-state index in [0.29, 0.717) is 11.3 Å². The number of nitrogens with one attached hydrogen (secondary N) is 2. The summed E-state index contributed by atoms with van der Waals surface area (Å²) in [7, 11) is 1.47. The molecule has 0 aliphatic carbocycles. The van der Waals surface area contributed by atoms with Crippen LogP contribution >= 0.6 is 0 Å². The Kier molecular flexibility index (Phi) is 7.46. The SMILES string of the molecule is CCc1ccc(NC(=O)Nc2ccc(-c3ccc(C(=O)N(C)[C@@H](C)C(=O)O)cc3)cc2)cc1. The van der Waals surface area contributed by atoms with E-state index in [1.165, 1.54) is 24.4 Å². The van der Waals surface area contributed by atoms with E-state index in [0.717, 1.165) is 23.2 Å². The molecule has 0 radical (unpaired) electrons. The Labute approximate surface area is 193 Å². The van der Waals surface area contributed by atoms with Crippen molar-refractivity contribution in [1.29, 1.82) is 0 Å². The quantitative estimate of drug-likeness (QED) is 0.471. The molecule has 1 atom stereocenters. The van der Waals surface area contributed by atoms with E-state index >= 15 is 0 Å². The van der Waals surface area contributed by atoms with Crippen molar-refractivity contribution in [2.24, 2.45) is 0 Å². The second-order valence-electron chi connectivity index (χ2n) is 7.71. The number of benzene rings is 3. The van der Waals surface area contributed by atoms with Gasteiger partial charge in [0.2, 0.25) is 0 Å². The molecule has 7 heteroatoms. The molecule has 7 nitrogen and oxygen atoms in total. The summed E-state index contributed by atoms with van der Waals surface area (Å²) in [5.74, 6) is -1.41. The van der Waals surface area contributed by atoms with Crippen LogP contribution in [-0.4, -0.2) is 41.0 Å². The number of anilines is 2. The molecule has 0 spiro atoms. The van der Waals surface area contributed by atoms with Crippen LogP contribution in [0.1, 0.15) is 29.8 Å². The second kappa shape index (κ2) is 10.5. The number of nitrogens with zero attached hydrogens (tertiary/aromatic N) is 1. The number of carboxylic acids is 1. The van der Waals surface area contributed by atoms with Crippen molar-refractivity contribution in [2.75, 3.05) is 17.7 Å². The number of carbonyl (C=O) groups excluding carboxylic acids is 2. The van der Waals surface area contributed by atoms with Crippen molar-refractivity contribution in [3.63, 3.8) is 0 Å². The number of aryl methyl sites for hydroxylation is 1. The lowest BCUT2D eigenvalue weighted by molar-refractivity contribution is -0.141. The third-order valence-corrected chi connectivity index (χ3v) is 5.49. The zero-order valence-electron chi connectivity index (χ0n) is 18.8. The Balaban J connectivity index is 1.61. The lowest BCUT2D eigenvalue weighted by Crippen LogP contribution is -2.40. The van der Waals surface area contributed by atoms with Gasteiger partial charge in [0.1, 0.15) is 6.04 Å². The van der Waals surface area contributed by atoms with Crippen molar-refractivity contribution in [3.8, 4) is 11.1 Å². The van der Waals surface area contributed by atoms with Gasteiger partial charge in [0.25, 0.3) is 5.91 Å². The topological polar surface area (TPSA) is 98.7 Å². The number of carboxylic acid groups (broad SMARTS) is 1. The van der Waals surface area contributed by atoms with Gasteiger partial charge in [-0.05, 0) is 66.4 Å². The molecule has 3 rings (SSSR count). The molecule has 0 aromatic heterocycles. The van der Waals surface area contributed by atoms with E-state index in [1.807, 2.05) is 48.5 Å². The molecule has 0 saturated heterocycles. The molecule has 33 heavy (non-hydrogen) atoms. The van der Waals surface area contributed by atoms with Crippen LogP contribution in [0.15, 0.2) is 72.8 Å². The lowest BCUT2D eigenvalue weighted by atomic mass is 10.0. The average molecular weight is 446 g/mol. The van der Waals surface area contributed by atoms with Crippen LogP contribution in [0.3, 0.4) is 0 Å². The normalized spacial score (nSPS) is 11.4. The predicted octanol–water partition coefficient (Wildman–Crippen LogP) is 5.11. The molecule has 3 amide bonds. The van der Waals surface area contributed by atoms with Crippen LogP contribution in [0, 0.1) is 0 Å². The molecule has 3 aromatic rings. The standard InChI is InChI=1S/C26H27N3O4/c1-4-18-5-13-22(14-6-18)27-26(33)28-23-15-11-20(12-16-23)19-7-9-21(10-8-19)24(30)29(3)17(2)25(31)32/h5-17H,4H2,1-3H3,(H,31,32)(H2,27,28,33)/t17-/m0/s1. The first-order valence-electron chi connectivity index (χ1n) is 10.7.